The minimum Gasteiger partial charge on any atom is -0.480 e. The highest BCUT2D eigenvalue weighted by Crippen LogP contribution is 2.39. The van der Waals surface area contributed by atoms with Gasteiger partial charge in [0.25, 0.3) is 0 Å². The lowest BCUT2D eigenvalue weighted by Crippen LogP contribution is -2.56. The minimum absolute atomic E-state index is 0.0656. The third-order valence-electron chi connectivity index (χ3n) is 3.22. The van der Waals surface area contributed by atoms with Crippen molar-refractivity contribution in [2.75, 3.05) is 6.54 Å². The van der Waals surface area contributed by atoms with Crippen molar-refractivity contribution in [3.63, 3.8) is 0 Å². The van der Waals surface area contributed by atoms with Crippen LogP contribution in [0.25, 0.3) is 0 Å². The number of carboxylic acid groups (broad SMARTS) is 1. The van der Waals surface area contributed by atoms with Crippen LogP contribution in [0.15, 0.2) is 0 Å². The van der Waals surface area contributed by atoms with Gasteiger partial charge < -0.3 is 15.7 Å². The van der Waals surface area contributed by atoms with Crippen molar-refractivity contribution in [1.29, 1.82) is 0 Å². The van der Waals surface area contributed by atoms with Gasteiger partial charge in [-0.05, 0) is 38.0 Å². The number of carboxylic acids is 1. The predicted molar refractivity (Wildman–Crippen MR) is 64.8 cm³/mol. The average molecular weight is 242 g/mol. The fourth-order valence-electron chi connectivity index (χ4n) is 1.75. The van der Waals surface area contributed by atoms with Crippen LogP contribution in [-0.2, 0) is 4.79 Å². The van der Waals surface area contributed by atoms with Crippen LogP contribution in [0.5, 0.6) is 0 Å². The summed E-state index contributed by atoms with van der Waals surface area (Å²) in [6.45, 7) is 6.30. The third-order valence-corrected chi connectivity index (χ3v) is 3.22. The van der Waals surface area contributed by atoms with E-state index in [1.54, 1.807) is 6.92 Å². The van der Waals surface area contributed by atoms with Crippen molar-refractivity contribution in [1.82, 2.24) is 10.6 Å². The lowest BCUT2D eigenvalue weighted by molar-refractivity contribution is -0.144. The Hall–Kier alpha value is -1.26. The largest absolute Gasteiger partial charge is 0.480 e. The van der Waals surface area contributed by atoms with Gasteiger partial charge in [-0.25, -0.2) is 9.59 Å². The molecule has 5 heteroatoms. The molecule has 0 aliphatic heterocycles. The quantitative estimate of drug-likeness (QED) is 0.661. The first kappa shape index (κ1) is 13.8. The molecule has 0 bridgehead atoms. The Labute approximate surface area is 102 Å². The Bertz CT molecular complexity index is 300. The zero-order chi connectivity index (χ0) is 13.1. The summed E-state index contributed by atoms with van der Waals surface area (Å²) in [5.74, 6) is -0.376. The molecule has 1 atom stereocenters. The number of carbonyl (C=O) groups excluding carboxylic acids is 1. The molecule has 1 aliphatic rings. The summed E-state index contributed by atoms with van der Waals surface area (Å²) in [7, 11) is 0. The van der Waals surface area contributed by atoms with Gasteiger partial charge in [0.05, 0.1) is 0 Å². The summed E-state index contributed by atoms with van der Waals surface area (Å²) < 4.78 is 0. The lowest BCUT2D eigenvalue weighted by Gasteiger charge is -2.26. The van der Waals surface area contributed by atoms with Crippen molar-refractivity contribution in [2.45, 2.75) is 45.6 Å². The molecule has 0 saturated heterocycles. The molecule has 0 radical (unpaired) electrons. The number of rotatable bonds is 6. The normalized spacial score (nSPS) is 18.6. The van der Waals surface area contributed by atoms with Crippen LogP contribution in [-0.4, -0.2) is 29.2 Å². The Morgan fingerprint density at radius 3 is 2.41 bits per heavy atom. The fraction of sp³-hybridized carbons (Fsp3) is 0.833. The van der Waals surface area contributed by atoms with Gasteiger partial charge in [0.15, 0.2) is 0 Å². The zero-order valence-electron chi connectivity index (χ0n) is 10.7. The van der Waals surface area contributed by atoms with Crippen LogP contribution in [0.2, 0.25) is 0 Å². The summed E-state index contributed by atoms with van der Waals surface area (Å²) in [4.78, 5) is 22.8. The first-order chi connectivity index (χ1) is 7.86. The van der Waals surface area contributed by atoms with E-state index in [0.717, 1.165) is 19.3 Å². The van der Waals surface area contributed by atoms with E-state index in [1.165, 1.54) is 0 Å². The summed E-state index contributed by atoms with van der Waals surface area (Å²) in [6, 6.07) is -0.387. The molecule has 5 nitrogen and oxygen atoms in total. The van der Waals surface area contributed by atoms with Gasteiger partial charge in [-0.2, -0.15) is 0 Å². The molecule has 2 amide bonds. The van der Waals surface area contributed by atoms with Gasteiger partial charge in [0, 0.05) is 6.54 Å². The molecule has 0 heterocycles. The Morgan fingerprint density at radius 2 is 2.00 bits per heavy atom. The van der Waals surface area contributed by atoms with E-state index in [4.69, 9.17) is 5.11 Å². The highest BCUT2D eigenvalue weighted by Gasteiger charge is 2.48. The monoisotopic (exact) mass is 242 g/mol. The zero-order valence-corrected chi connectivity index (χ0v) is 10.7. The SMILES string of the molecule is CC(C)CCNC(=O)NC(C)(C(=O)O)C1CC1. The Morgan fingerprint density at radius 1 is 1.41 bits per heavy atom. The summed E-state index contributed by atoms with van der Waals surface area (Å²) in [6.07, 6.45) is 2.63. The highest BCUT2D eigenvalue weighted by atomic mass is 16.4. The van der Waals surface area contributed by atoms with E-state index >= 15 is 0 Å². The lowest BCUT2D eigenvalue weighted by atomic mass is 9.96. The second kappa shape index (κ2) is 5.38. The van der Waals surface area contributed by atoms with Gasteiger partial charge in [-0.1, -0.05) is 13.8 Å². The molecule has 0 spiro atoms. The van der Waals surface area contributed by atoms with E-state index in [9.17, 15) is 9.59 Å². The van der Waals surface area contributed by atoms with E-state index in [1.807, 2.05) is 0 Å². The number of hydrogen-bond acceptors (Lipinski definition) is 2. The number of aliphatic carboxylic acids is 1. The van der Waals surface area contributed by atoms with Crippen LogP contribution in [0.1, 0.15) is 40.0 Å². The van der Waals surface area contributed by atoms with E-state index in [-0.39, 0.29) is 11.9 Å². The maximum atomic E-state index is 11.6. The fourth-order valence-corrected chi connectivity index (χ4v) is 1.75. The van der Waals surface area contributed by atoms with Crippen molar-refractivity contribution >= 4 is 12.0 Å². The van der Waals surface area contributed by atoms with Crippen LogP contribution >= 0.6 is 0 Å². The molecule has 0 aromatic carbocycles. The topological polar surface area (TPSA) is 78.4 Å². The molecule has 1 aliphatic carbocycles. The highest BCUT2D eigenvalue weighted by molar-refractivity contribution is 5.86. The third kappa shape index (κ3) is 3.91. The maximum Gasteiger partial charge on any atom is 0.329 e. The first-order valence-electron chi connectivity index (χ1n) is 6.15. The summed E-state index contributed by atoms with van der Waals surface area (Å²) in [5, 5.41) is 14.4. The molecule has 1 fully saturated rings. The second-order valence-electron chi connectivity index (χ2n) is 5.35. The standard InChI is InChI=1S/C12H22N2O3/c1-8(2)6-7-13-11(17)14-12(3,10(15)16)9-4-5-9/h8-9H,4-7H2,1-3H3,(H,15,16)(H2,13,14,17). The number of nitrogens with one attached hydrogen (secondary N) is 2. The minimum atomic E-state index is -1.12. The van der Waals surface area contributed by atoms with Gasteiger partial charge in [0.1, 0.15) is 5.54 Å². The smallest absolute Gasteiger partial charge is 0.329 e. The molecular formula is C12H22N2O3. The van der Waals surface area contributed by atoms with Crippen LogP contribution in [0.4, 0.5) is 4.79 Å². The molecule has 1 rings (SSSR count). The Balaban J connectivity index is 2.40. The van der Waals surface area contributed by atoms with Gasteiger partial charge in [-0.15, -0.1) is 0 Å². The molecule has 1 saturated carbocycles. The van der Waals surface area contributed by atoms with Crippen molar-refractivity contribution < 1.29 is 14.7 Å². The maximum absolute atomic E-state index is 11.6. The van der Waals surface area contributed by atoms with Gasteiger partial charge >= 0.3 is 12.0 Å². The number of carbonyl (C=O) groups is 2. The molecule has 17 heavy (non-hydrogen) atoms. The number of hydrogen-bond donors (Lipinski definition) is 3. The molecular weight excluding hydrogens is 220 g/mol. The van der Waals surface area contributed by atoms with Gasteiger partial charge in [0.2, 0.25) is 0 Å². The van der Waals surface area contributed by atoms with Crippen molar-refractivity contribution in [3.05, 3.63) is 0 Å². The van der Waals surface area contributed by atoms with Crippen molar-refractivity contribution in [2.24, 2.45) is 11.8 Å². The average Bonchev–Trinajstić information content (AvgIpc) is 2.99. The number of urea groups is 1. The predicted octanol–water partition coefficient (Wildman–Crippen LogP) is 1.58. The van der Waals surface area contributed by atoms with Crippen LogP contribution in [0.3, 0.4) is 0 Å². The van der Waals surface area contributed by atoms with E-state index < -0.39 is 11.5 Å². The summed E-state index contributed by atoms with van der Waals surface area (Å²) >= 11 is 0. The Kier molecular flexibility index (Phi) is 4.37. The number of amides is 2. The molecule has 3 N–H and O–H groups in total. The molecule has 0 aromatic rings. The van der Waals surface area contributed by atoms with Gasteiger partial charge in [-0.3, -0.25) is 0 Å². The second-order valence-corrected chi connectivity index (χ2v) is 5.35. The van der Waals surface area contributed by atoms with Crippen LogP contribution < -0.4 is 10.6 Å². The molecule has 1 unspecified atom stereocenters. The first-order valence-corrected chi connectivity index (χ1v) is 6.15. The van der Waals surface area contributed by atoms with E-state index in [2.05, 4.69) is 24.5 Å². The van der Waals surface area contributed by atoms with E-state index in [0.29, 0.717) is 12.5 Å². The summed E-state index contributed by atoms with van der Waals surface area (Å²) in [5.41, 5.74) is -1.12. The molecule has 0 aromatic heterocycles. The van der Waals surface area contributed by atoms with Crippen LogP contribution in [0, 0.1) is 11.8 Å². The van der Waals surface area contributed by atoms with Crippen molar-refractivity contribution in [3.8, 4) is 0 Å². The molecule has 98 valence electrons.